The van der Waals surface area contributed by atoms with E-state index in [2.05, 4.69) is 291 Å². The number of rotatable bonds is 7. The van der Waals surface area contributed by atoms with Crippen molar-refractivity contribution in [1.82, 2.24) is 4.57 Å². The van der Waals surface area contributed by atoms with Crippen LogP contribution in [0.25, 0.3) is 49.7 Å². The van der Waals surface area contributed by atoms with E-state index in [0.29, 0.717) is 0 Å². The Kier molecular flexibility index (Phi) is 15.0. The second-order valence-corrected chi connectivity index (χ2v) is 33.7. The van der Waals surface area contributed by atoms with Gasteiger partial charge in [0.2, 0.25) is 0 Å². The van der Waals surface area contributed by atoms with Gasteiger partial charge >= 0.3 is 0 Å². The van der Waals surface area contributed by atoms with Crippen LogP contribution in [0.3, 0.4) is 0 Å². The monoisotopic (exact) mass is 1190 g/mol. The SMILES string of the molecule is CSc1ccc(-c2c(N3C4=C(C=C(C(C)(C)C)CC4)C4C=C(C(C)(C)C)C=CC43)c(C#N)c(N3C4=C(C=C(C(C)(C)C)CC4)C4C=C(C(C)(C)C)C=CC43)c(-c3ccc(SC)cc3)c2-n2c3ccc(C(C)(C)C)cc3c3cc(C(C)(C)C)ccc32)cc1. The van der Waals surface area contributed by atoms with Gasteiger partial charge in [0.25, 0.3) is 0 Å². The molecule has 0 spiro atoms. The fraction of sp³-hybridized carbons (Fsp3) is 0.420. The van der Waals surface area contributed by atoms with Crippen molar-refractivity contribution in [1.29, 1.82) is 5.26 Å². The van der Waals surface area contributed by atoms with Gasteiger partial charge in [-0.3, -0.25) is 0 Å². The standard InChI is InChI=1S/C81H94N4S2/c1-76(2,3)50-25-35-65-58(41-50)59-42-51(77(4,5)6)26-36-66(59)83(65)73-64(47-82)74(84-67-37-27-52(78(7,8)9)43-60(67)61-44-53(79(10,11)12)28-38-68(61)84)72(49-23-33-57(87-20)34-24-49)75(71(73)48-21-31-56(86-19)32-22-48)85-69-39-29-54(80(13,14)15)45-62(69)63-46-55(81(16,17)18)30-40-70(63)85/h21-25,27,29-35,37,39-46,58,60,65,67H,26,28,36,38H2,1-20H3. The highest BCUT2D eigenvalue weighted by Gasteiger charge is 2.49. The first-order valence-corrected chi connectivity index (χ1v) is 34.6. The van der Waals surface area contributed by atoms with Crippen LogP contribution in [-0.4, -0.2) is 29.2 Å². The quantitative estimate of drug-likeness (QED) is 0.149. The Morgan fingerprint density at radius 3 is 1.15 bits per heavy atom. The van der Waals surface area contributed by atoms with E-state index in [4.69, 9.17) is 0 Å². The van der Waals surface area contributed by atoms with Crippen LogP contribution in [0.4, 0.5) is 11.4 Å². The number of thioether (sulfide) groups is 2. The molecular formula is C81H94N4S2. The molecule has 0 saturated heterocycles. The minimum absolute atomic E-state index is 0.00242. The Labute approximate surface area is 531 Å². The molecule has 4 unspecified atom stereocenters. The summed E-state index contributed by atoms with van der Waals surface area (Å²) in [4.78, 5) is 7.86. The largest absolute Gasteiger partial charge is 0.335 e. The van der Waals surface area contributed by atoms with E-state index in [-0.39, 0.29) is 56.4 Å². The predicted molar refractivity (Wildman–Crippen MR) is 378 cm³/mol. The fourth-order valence-corrected chi connectivity index (χ4v) is 15.7. The first-order chi connectivity index (χ1) is 40.8. The van der Waals surface area contributed by atoms with Crippen molar-refractivity contribution in [2.75, 3.05) is 22.3 Å². The maximum Gasteiger partial charge on any atom is 0.104 e. The van der Waals surface area contributed by atoms with Crippen LogP contribution in [0.2, 0.25) is 0 Å². The summed E-state index contributed by atoms with van der Waals surface area (Å²) in [6.07, 6.45) is 28.3. The fourth-order valence-electron chi connectivity index (χ4n) is 14.9. The van der Waals surface area contributed by atoms with E-state index in [1.165, 1.54) is 76.5 Å². The van der Waals surface area contributed by atoms with Crippen LogP contribution >= 0.6 is 23.5 Å². The summed E-state index contributed by atoms with van der Waals surface area (Å²) in [5.41, 5.74) is 24.0. The van der Waals surface area contributed by atoms with Crippen LogP contribution in [-0.2, 0) is 10.8 Å². The van der Waals surface area contributed by atoms with Crippen molar-refractivity contribution in [2.45, 2.75) is 183 Å². The smallest absolute Gasteiger partial charge is 0.104 e. The molecule has 2 aliphatic heterocycles. The summed E-state index contributed by atoms with van der Waals surface area (Å²) in [7, 11) is 0. The van der Waals surface area contributed by atoms with E-state index in [1.807, 2.05) is 0 Å². The van der Waals surface area contributed by atoms with Crippen molar-refractivity contribution >= 4 is 56.7 Å². The first kappa shape index (κ1) is 60.9. The number of hydrogen-bond acceptors (Lipinski definition) is 5. The van der Waals surface area contributed by atoms with E-state index < -0.39 is 0 Å². The summed E-state index contributed by atoms with van der Waals surface area (Å²) >= 11 is 3.55. The molecule has 3 heterocycles. The third-order valence-corrected chi connectivity index (χ3v) is 21.5. The van der Waals surface area contributed by atoms with Gasteiger partial charge in [0.1, 0.15) is 11.6 Å². The van der Waals surface area contributed by atoms with Crippen molar-refractivity contribution in [3.63, 3.8) is 0 Å². The molecule has 0 radical (unpaired) electrons. The van der Waals surface area contributed by atoms with Crippen molar-refractivity contribution in [3.8, 4) is 34.0 Å². The molecular weight excluding hydrogens is 1090 g/mol. The van der Waals surface area contributed by atoms with Crippen LogP contribution in [0, 0.1) is 44.8 Å². The minimum atomic E-state index is -0.0882. The second kappa shape index (κ2) is 21.4. The number of fused-ring (bicyclic) bond motifs is 7. The Bertz CT molecular complexity index is 3870. The zero-order chi connectivity index (χ0) is 62.4. The molecule has 0 N–H and O–H groups in total. The minimum Gasteiger partial charge on any atom is -0.335 e. The lowest BCUT2D eigenvalue weighted by Gasteiger charge is -2.41. The maximum atomic E-state index is 13.2. The van der Waals surface area contributed by atoms with Gasteiger partial charge in [0, 0.05) is 54.9 Å². The lowest BCUT2D eigenvalue weighted by molar-refractivity contribution is 0.477. The molecule has 0 bridgehead atoms. The molecule has 1 aromatic heterocycles. The zero-order valence-corrected chi connectivity index (χ0v) is 57.6. The summed E-state index contributed by atoms with van der Waals surface area (Å²) < 4.78 is 2.67. The highest BCUT2D eigenvalue weighted by Crippen LogP contribution is 2.61. The summed E-state index contributed by atoms with van der Waals surface area (Å²) in [6, 6.07) is 36.4. The van der Waals surface area contributed by atoms with Gasteiger partial charge in [0.15, 0.2) is 0 Å². The van der Waals surface area contributed by atoms with Crippen molar-refractivity contribution < 1.29 is 0 Å². The normalized spacial score (nSPS) is 20.8. The Morgan fingerprint density at radius 2 is 0.828 bits per heavy atom. The molecule has 0 saturated carbocycles. The van der Waals surface area contributed by atoms with Crippen molar-refractivity contribution in [2.24, 2.45) is 33.5 Å². The molecule has 0 fully saturated rings. The Balaban J connectivity index is 1.35. The molecule has 0 amide bonds. The average Bonchev–Trinajstić information content (AvgIpc) is 1.63. The summed E-state index contributed by atoms with van der Waals surface area (Å²) in [5.74, 6) is 0.153. The number of anilines is 2. The molecule has 12 rings (SSSR count). The number of hydrogen-bond donors (Lipinski definition) is 0. The zero-order valence-electron chi connectivity index (χ0n) is 55.9. The topological polar surface area (TPSA) is 35.2 Å². The molecule has 4 nitrogen and oxygen atoms in total. The highest BCUT2D eigenvalue weighted by atomic mass is 32.2. The number of nitrogens with zero attached hydrogens (tertiary/aromatic N) is 4. The molecule has 6 aliphatic rings. The summed E-state index contributed by atoms with van der Waals surface area (Å²) in [5, 5.41) is 15.6. The van der Waals surface area contributed by atoms with Crippen molar-refractivity contribution in [3.05, 3.63) is 195 Å². The summed E-state index contributed by atoms with van der Waals surface area (Å²) in [6.45, 7) is 42.5. The van der Waals surface area contributed by atoms with Crippen LogP contribution < -0.4 is 9.80 Å². The molecule has 6 heteroatoms. The van der Waals surface area contributed by atoms with E-state index in [9.17, 15) is 5.26 Å². The number of benzene rings is 5. The van der Waals surface area contributed by atoms with Crippen LogP contribution in [0.5, 0.6) is 0 Å². The Hall–Kier alpha value is -6.39. The third kappa shape index (κ3) is 10.5. The van der Waals surface area contributed by atoms with Gasteiger partial charge in [-0.15, -0.1) is 23.5 Å². The van der Waals surface area contributed by atoms with Gasteiger partial charge in [0.05, 0.1) is 40.2 Å². The van der Waals surface area contributed by atoms with Gasteiger partial charge < -0.3 is 14.4 Å². The van der Waals surface area contributed by atoms with E-state index >= 15 is 0 Å². The number of allylic oxidation sites excluding steroid dienone is 10. The lowest BCUT2D eigenvalue weighted by atomic mass is 9.75. The predicted octanol–water partition coefficient (Wildman–Crippen LogP) is 22.8. The Morgan fingerprint density at radius 1 is 0.448 bits per heavy atom. The van der Waals surface area contributed by atoms with E-state index in [1.54, 1.807) is 23.5 Å². The molecule has 5 aromatic carbocycles. The van der Waals surface area contributed by atoms with Gasteiger partial charge in [-0.2, -0.15) is 5.26 Å². The number of nitriles is 1. The average molecular weight is 1190 g/mol. The highest BCUT2D eigenvalue weighted by molar-refractivity contribution is 7.98. The second-order valence-electron chi connectivity index (χ2n) is 31.9. The van der Waals surface area contributed by atoms with Crippen LogP contribution in [0.1, 0.15) is 167 Å². The molecule has 4 aliphatic carbocycles. The lowest BCUT2D eigenvalue weighted by Crippen LogP contribution is -2.37. The number of aromatic nitrogens is 1. The molecule has 87 heavy (non-hydrogen) atoms. The van der Waals surface area contributed by atoms with Crippen LogP contribution in [0.15, 0.2) is 188 Å². The van der Waals surface area contributed by atoms with E-state index in [0.717, 1.165) is 81.6 Å². The van der Waals surface area contributed by atoms with Gasteiger partial charge in [-0.1, -0.05) is 221 Å². The van der Waals surface area contributed by atoms with Gasteiger partial charge in [-0.25, -0.2) is 0 Å². The molecule has 6 aromatic rings. The van der Waals surface area contributed by atoms with Gasteiger partial charge in [-0.05, 0) is 164 Å². The first-order valence-electron chi connectivity index (χ1n) is 32.1. The third-order valence-electron chi connectivity index (χ3n) is 20.0. The molecule has 450 valence electrons. The maximum absolute atomic E-state index is 13.2. The molecule has 4 atom stereocenters.